The zero-order valence-electron chi connectivity index (χ0n) is 13.9. The van der Waals surface area contributed by atoms with E-state index in [9.17, 15) is 14.4 Å². The lowest BCUT2D eigenvalue weighted by atomic mass is 9.97. The van der Waals surface area contributed by atoms with Crippen molar-refractivity contribution in [3.05, 3.63) is 81.3 Å². The molecule has 0 saturated heterocycles. The molecule has 3 aromatic rings. The van der Waals surface area contributed by atoms with Gasteiger partial charge in [-0.1, -0.05) is 24.3 Å². The number of carboxylic acids is 1. The van der Waals surface area contributed by atoms with Gasteiger partial charge in [0.2, 0.25) is 0 Å². The van der Waals surface area contributed by atoms with Gasteiger partial charge in [0, 0.05) is 18.5 Å². The molecule has 0 radical (unpaired) electrons. The summed E-state index contributed by atoms with van der Waals surface area (Å²) in [4.78, 5) is 40.5. The number of hydrogen-bond acceptors (Lipinski definition) is 3. The zero-order valence-corrected chi connectivity index (χ0v) is 13.9. The SMILES string of the molecule is O=C(O)c1ccc2c(c1)CN(C(=O)c1cc3ccccc3c(=O)[nH]1)CC2. The monoisotopic (exact) mass is 348 g/mol. The van der Waals surface area contributed by atoms with Gasteiger partial charge in [0.25, 0.3) is 11.5 Å². The molecule has 2 N–H and O–H groups in total. The van der Waals surface area contributed by atoms with Crippen LogP contribution in [0.1, 0.15) is 32.0 Å². The Hall–Kier alpha value is -3.41. The molecule has 0 bridgehead atoms. The molecule has 2 aromatic carbocycles. The number of aromatic nitrogens is 1. The molecule has 1 amide bonds. The molecule has 0 aliphatic carbocycles. The van der Waals surface area contributed by atoms with Crippen molar-refractivity contribution in [2.75, 3.05) is 6.54 Å². The fourth-order valence-corrected chi connectivity index (χ4v) is 3.36. The predicted octanol–water partition coefficient (Wildman–Crippen LogP) is 2.42. The highest BCUT2D eigenvalue weighted by molar-refractivity contribution is 5.96. The lowest BCUT2D eigenvalue weighted by Crippen LogP contribution is -2.37. The molecule has 1 aliphatic heterocycles. The molecule has 6 heteroatoms. The lowest BCUT2D eigenvalue weighted by molar-refractivity contribution is 0.0696. The quantitative estimate of drug-likeness (QED) is 0.744. The molecule has 130 valence electrons. The van der Waals surface area contributed by atoms with Crippen molar-refractivity contribution in [1.29, 1.82) is 0 Å². The third-order valence-corrected chi connectivity index (χ3v) is 4.74. The minimum atomic E-state index is -0.991. The van der Waals surface area contributed by atoms with Gasteiger partial charge in [-0.2, -0.15) is 0 Å². The average Bonchev–Trinajstić information content (AvgIpc) is 2.66. The van der Waals surface area contributed by atoms with Crippen LogP contribution >= 0.6 is 0 Å². The Morgan fingerprint density at radius 1 is 1.04 bits per heavy atom. The second-order valence-electron chi connectivity index (χ2n) is 6.36. The summed E-state index contributed by atoms with van der Waals surface area (Å²) in [7, 11) is 0. The second kappa shape index (κ2) is 6.15. The lowest BCUT2D eigenvalue weighted by Gasteiger charge is -2.29. The van der Waals surface area contributed by atoms with Gasteiger partial charge in [-0.05, 0) is 47.2 Å². The first kappa shape index (κ1) is 16.1. The number of rotatable bonds is 2. The molecule has 6 nitrogen and oxygen atoms in total. The highest BCUT2D eigenvalue weighted by Gasteiger charge is 2.23. The maximum absolute atomic E-state index is 12.9. The summed E-state index contributed by atoms with van der Waals surface area (Å²) < 4.78 is 0. The summed E-state index contributed by atoms with van der Waals surface area (Å²) in [6.07, 6.45) is 0.652. The molecule has 0 unspecified atom stereocenters. The largest absolute Gasteiger partial charge is 0.478 e. The van der Waals surface area contributed by atoms with E-state index in [1.165, 1.54) is 0 Å². The Kier molecular flexibility index (Phi) is 3.80. The average molecular weight is 348 g/mol. The van der Waals surface area contributed by atoms with E-state index in [1.54, 1.807) is 47.4 Å². The minimum absolute atomic E-state index is 0.206. The van der Waals surface area contributed by atoms with Crippen LogP contribution in [0.2, 0.25) is 0 Å². The first-order valence-electron chi connectivity index (χ1n) is 8.29. The summed E-state index contributed by atoms with van der Waals surface area (Å²) >= 11 is 0. The number of H-pyrrole nitrogens is 1. The first-order chi connectivity index (χ1) is 12.5. The van der Waals surface area contributed by atoms with Crippen LogP contribution in [0.5, 0.6) is 0 Å². The fourth-order valence-electron chi connectivity index (χ4n) is 3.36. The highest BCUT2D eigenvalue weighted by Crippen LogP contribution is 2.22. The molecule has 1 aromatic heterocycles. The van der Waals surface area contributed by atoms with Crippen molar-refractivity contribution in [1.82, 2.24) is 9.88 Å². The molecule has 4 rings (SSSR count). The van der Waals surface area contributed by atoms with Crippen molar-refractivity contribution in [3.8, 4) is 0 Å². The van der Waals surface area contributed by atoms with E-state index in [-0.39, 0.29) is 22.7 Å². The molecular formula is C20H16N2O4. The third-order valence-electron chi connectivity index (χ3n) is 4.74. The topological polar surface area (TPSA) is 90.5 Å². The van der Waals surface area contributed by atoms with E-state index in [1.807, 2.05) is 6.07 Å². The van der Waals surface area contributed by atoms with Crippen LogP contribution in [0.4, 0.5) is 0 Å². The number of carbonyl (C=O) groups excluding carboxylic acids is 1. The Morgan fingerprint density at radius 2 is 1.85 bits per heavy atom. The second-order valence-corrected chi connectivity index (χ2v) is 6.36. The van der Waals surface area contributed by atoms with Crippen LogP contribution in [0.25, 0.3) is 10.8 Å². The van der Waals surface area contributed by atoms with Crippen LogP contribution in [0, 0.1) is 0 Å². The predicted molar refractivity (Wildman–Crippen MR) is 96.4 cm³/mol. The zero-order chi connectivity index (χ0) is 18.3. The van der Waals surface area contributed by atoms with E-state index < -0.39 is 5.97 Å². The number of carboxylic acid groups (broad SMARTS) is 1. The van der Waals surface area contributed by atoms with Crippen LogP contribution < -0.4 is 5.56 Å². The van der Waals surface area contributed by atoms with Crippen molar-refractivity contribution >= 4 is 22.6 Å². The van der Waals surface area contributed by atoms with Crippen LogP contribution in [-0.4, -0.2) is 33.4 Å². The third kappa shape index (κ3) is 2.75. The smallest absolute Gasteiger partial charge is 0.335 e. The summed E-state index contributed by atoms with van der Waals surface area (Å²) in [5.41, 5.74) is 2.03. The standard InChI is InChI=1S/C20H16N2O4/c23-18-16-4-2-1-3-13(16)10-17(21-18)19(24)22-8-7-12-5-6-14(20(25)26)9-15(12)11-22/h1-6,9-10H,7-8,11H2,(H,21,23)(H,25,26). The van der Waals surface area contributed by atoms with E-state index in [0.717, 1.165) is 11.1 Å². The van der Waals surface area contributed by atoms with Crippen LogP contribution in [0.15, 0.2) is 53.3 Å². The maximum atomic E-state index is 12.9. The number of fused-ring (bicyclic) bond motifs is 2. The summed E-state index contributed by atoms with van der Waals surface area (Å²) in [6.45, 7) is 0.844. The molecule has 0 fully saturated rings. The number of benzene rings is 2. The number of pyridine rings is 1. The van der Waals surface area contributed by atoms with Gasteiger partial charge in [-0.15, -0.1) is 0 Å². The van der Waals surface area contributed by atoms with Crippen molar-refractivity contribution in [2.45, 2.75) is 13.0 Å². The normalized spacial score (nSPS) is 13.5. The first-order valence-corrected chi connectivity index (χ1v) is 8.29. The van der Waals surface area contributed by atoms with E-state index in [4.69, 9.17) is 5.11 Å². The summed E-state index contributed by atoms with van der Waals surface area (Å²) in [5, 5.41) is 10.4. The Balaban J connectivity index is 1.66. The maximum Gasteiger partial charge on any atom is 0.335 e. The number of aromatic carboxylic acids is 1. The molecule has 0 saturated carbocycles. The minimum Gasteiger partial charge on any atom is -0.478 e. The molecule has 0 spiro atoms. The number of nitrogens with one attached hydrogen (secondary N) is 1. The number of aromatic amines is 1. The Labute approximate surface area is 148 Å². The number of carbonyl (C=O) groups is 2. The van der Waals surface area contributed by atoms with Crippen LogP contribution in [-0.2, 0) is 13.0 Å². The molecule has 1 aliphatic rings. The Bertz CT molecular complexity index is 1100. The Morgan fingerprint density at radius 3 is 2.65 bits per heavy atom. The van der Waals surface area contributed by atoms with Gasteiger partial charge >= 0.3 is 5.97 Å². The van der Waals surface area contributed by atoms with Crippen molar-refractivity contribution < 1.29 is 14.7 Å². The van der Waals surface area contributed by atoms with Gasteiger partial charge in [-0.3, -0.25) is 9.59 Å². The van der Waals surface area contributed by atoms with Gasteiger partial charge in [0.15, 0.2) is 0 Å². The summed E-state index contributed by atoms with van der Waals surface area (Å²) in [6, 6.07) is 13.8. The van der Waals surface area contributed by atoms with Gasteiger partial charge in [0.1, 0.15) is 5.69 Å². The van der Waals surface area contributed by atoms with E-state index in [2.05, 4.69) is 4.98 Å². The van der Waals surface area contributed by atoms with Crippen LogP contribution in [0.3, 0.4) is 0 Å². The van der Waals surface area contributed by atoms with Gasteiger partial charge in [-0.25, -0.2) is 4.79 Å². The molecule has 0 atom stereocenters. The van der Waals surface area contributed by atoms with Crippen molar-refractivity contribution in [2.24, 2.45) is 0 Å². The number of hydrogen-bond donors (Lipinski definition) is 2. The van der Waals surface area contributed by atoms with E-state index >= 15 is 0 Å². The molecule has 2 heterocycles. The van der Waals surface area contributed by atoms with E-state index in [0.29, 0.717) is 30.3 Å². The van der Waals surface area contributed by atoms with Gasteiger partial charge < -0.3 is 15.0 Å². The van der Waals surface area contributed by atoms with Gasteiger partial charge in [0.05, 0.1) is 5.56 Å². The number of amides is 1. The number of nitrogens with zero attached hydrogens (tertiary/aromatic N) is 1. The summed E-state index contributed by atoms with van der Waals surface area (Å²) in [5.74, 6) is -1.26. The molecular weight excluding hydrogens is 332 g/mol. The van der Waals surface area contributed by atoms with Crippen molar-refractivity contribution in [3.63, 3.8) is 0 Å². The fraction of sp³-hybridized carbons (Fsp3) is 0.150. The highest BCUT2D eigenvalue weighted by atomic mass is 16.4. The molecule has 26 heavy (non-hydrogen) atoms.